The molecule has 1 aromatic heterocycles. The fourth-order valence-corrected chi connectivity index (χ4v) is 2.37. The highest BCUT2D eigenvalue weighted by atomic mass is 16.4. The number of aliphatic imine (C=N–C) groups is 1. The number of rotatable bonds is 7. The zero-order valence-corrected chi connectivity index (χ0v) is 14.6. The van der Waals surface area contributed by atoms with Crippen LogP contribution in [0.5, 0.6) is 0 Å². The molecular formula is C19H27N3O2. The summed E-state index contributed by atoms with van der Waals surface area (Å²) in [6, 6.07) is 13.9. The van der Waals surface area contributed by atoms with Gasteiger partial charge in [-0.2, -0.15) is 0 Å². The standard InChI is InChI=1S/C19H27N3O2/c1-4-20-18(21-13-16(23)17-11-8-12-24-17)22-14-19(2,3)15-9-6-5-7-10-15/h5-12,16,23H,4,13-14H2,1-3H3,(H2,20,21,22). The Morgan fingerprint density at radius 3 is 2.54 bits per heavy atom. The molecule has 0 aliphatic rings. The van der Waals surface area contributed by atoms with Crippen molar-refractivity contribution < 1.29 is 9.52 Å². The lowest BCUT2D eigenvalue weighted by atomic mass is 9.85. The maximum Gasteiger partial charge on any atom is 0.191 e. The topological polar surface area (TPSA) is 69.8 Å². The summed E-state index contributed by atoms with van der Waals surface area (Å²) in [6.45, 7) is 8.10. The number of aliphatic hydroxyl groups excluding tert-OH is 1. The van der Waals surface area contributed by atoms with Gasteiger partial charge in [-0.15, -0.1) is 0 Å². The molecule has 5 heteroatoms. The second-order valence-electron chi connectivity index (χ2n) is 6.36. The lowest BCUT2D eigenvalue weighted by Gasteiger charge is -2.24. The Bertz CT molecular complexity index is 621. The maximum absolute atomic E-state index is 10.1. The Hall–Kier alpha value is -2.27. The molecule has 0 aliphatic heterocycles. The third-order valence-electron chi connectivity index (χ3n) is 3.87. The Morgan fingerprint density at radius 1 is 1.17 bits per heavy atom. The summed E-state index contributed by atoms with van der Waals surface area (Å²) in [5.74, 6) is 1.23. The van der Waals surface area contributed by atoms with E-state index in [1.54, 1.807) is 18.4 Å². The van der Waals surface area contributed by atoms with Crippen LogP contribution in [-0.4, -0.2) is 30.7 Å². The molecule has 3 N–H and O–H groups in total. The quantitative estimate of drug-likeness (QED) is 0.540. The van der Waals surface area contributed by atoms with E-state index < -0.39 is 6.10 Å². The number of benzene rings is 1. The molecule has 5 nitrogen and oxygen atoms in total. The molecule has 0 bridgehead atoms. The van der Waals surface area contributed by atoms with Crippen LogP contribution in [0.3, 0.4) is 0 Å². The highest BCUT2D eigenvalue weighted by molar-refractivity contribution is 5.79. The molecule has 0 aliphatic carbocycles. The van der Waals surface area contributed by atoms with Crippen LogP contribution in [0, 0.1) is 0 Å². The number of furan rings is 1. The molecule has 0 radical (unpaired) electrons. The Morgan fingerprint density at radius 2 is 1.92 bits per heavy atom. The summed E-state index contributed by atoms with van der Waals surface area (Å²) in [7, 11) is 0. The lowest BCUT2D eigenvalue weighted by molar-refractivity contribution is 0.153. The van der Waals surface area contributed by atoms with E-state index in [0.717, 1.165) is 6.54 Å². The number of hydrogen-bond acceptors (Lipinski definition) is 3. The van der Waals surface area contributed by atoms with Gasteiger partial charge in [-0.1, -0.05) is 44.2 Å². The second-order valence-corrected chi connectivity index (χ2v) is 6.36. The van der Waals surface area contributed by atoms with Crippen molar-refractivity contribution in [3.05, 3.63) is 60.1 Å². The molecule has 130 valence electrons. The van der Waals surface area contributed by atoms with Crippen LogP contribution in [0.25, 0.3) is 0 Å². The molecule has 0 spiro atoms. The maximum atomic E-state index is 10.1. The van der Waals surface area contributed by atoms with Crippen LogP contribution >= 0.6 is 0 Å². The molecular weight excluding hydrogens is 302 g/mol. The van der Waals surface area contributed by atoms with Gasteiger partial charge >= 0.3 is 0 Å². The summed E-state index contributed by atoms with van der Waals surface area (Å²) in [5, 5.41) is 16.5. The molecule has 24 heavy (non-hydrogen) atoms. The normalized spacial score (nSPS) is 13.6. The molecule has 1 heterocycles. The minimum Gasteiger partial charge on any atom is -0.467 e. The Kier molecular flexibility index (Phi) is 6.44. The van der Waals surface area contributed by atoms with Crippen LogP contribution in [0.1, 0.15) is 38.2 Å². The van der Waals surface area contributed by atoms with E-state index in [0.29, 0.717) is 24.8 Å². The van der Waals surface area contributed by atoms with Gasteiger partial charge in [0.25, 0.3) is 0 Å². The minimum atomic E-state index is -0.703. The zero-order valence-electron chi connectivity index (χ0n) is 14.6. The van der Waals surface area contributed by atoms with Crippen LogP contribution < -0.4 is 10.6 Å². The molecule has 1 aromatic carbocycles. The molecule has 1 atom stereocenters. The summed E-state index contributed by atoms with van der Waals surface area (Å²) in [6.07, 6.45) is 0.853. The molecule has 0 amide bonds. The third kappa shape index (κ3) is 5.13. The first-order chi connectivity index (χ1) is 11.5. The highest BCUT2D eigenvalue weighted by Crippen LogP contribution is 2.23. The molecule has 0 saturated heterocycles. The number of guanidine groups is 1. The van der Waals surface area contributed by atoms with Crippen molar-refractivity contribution >= 4 is 5.96 Å². The van der Waals surface area contributed by atoms with Gasteiger partial charge < -0.3 is 20.2 Å². The predicted octanol–water partition coefficient (Wildman–Crippen LogP) is 2.85. The smallest absolute Gasteiger partial charge is 0.191 e. The van der Waals surface area contributed by atoms with E-state index in [1.807, 2.05) is 25.1 Å². The van der Waals surface area contributed by atoms with Crippen LogP contribution in [0.2, 0.25) is 0 Å². The van der Waals surface area contributed by atoms with Gasteiger partial charge in [0, 0.05) is 12.0 Å². The summed E-state index contributed by atoms with van der Waals surface area (Å²) in [4.78, 5) is 4.67. The van der Waals surface area contributed by atoms with Crippen LogP contribution in [-0.2, 0) is 5.41 Å². The van der Waals surface area contributed by atoms with Crippen molar-refractivity contribution in [3.8, 4) is 0 Å². The molecule has 0 saturated carbocycles. The summed E-state index contributed by atoms with van der Waals surface area (Å²) >= 11 is 0. The van der Waals surface area contributed by atoms with Crippen LogP contribution in [0.15, 0.2) is 58.1 Å². The fraction of sp³-hybridized carbons (Fsp3) is 0.421. The van der Waals surface area contributed by atoms with Gasteiger partial charge in [-0.05, 0) is 24.6 Å². The summed E-state index contributed by atoms with van der Waals surface area (Å²) in [5.41, 5.74) is 1.18. The Labute approximate surface area is 143 Å². The van der Waals surface area contributed by atoms with E-state index in [2.05, 4.69) is 41.6 Å². The van der Waals surface area contributed by atoms with Gasteiger partial charge in [-0.25, -0.2) is 0 Å². The molecule has 2 aromatic rings. The van der Waals surface area contributed by atoms with Gasteiger partial charge in [0.1, 0.15) is 11.9 Å². The first kappa shape index (κ1) is 18.1. The first-order valence-corrected chi connectivity index (χ1v) is 8.32. The van der Waals surface area contributed by atoms with Gasteiger partial charge in [0.2, 0.25) is 0 Å². The van der Waals surface area contributed by atoms with Gasteiger partial charge in [0.05, 0.1) is 19.4 Å². The van der Waals surface area contributed by atoms with Gasteiger partial charge in [-0.3, -0.25) is 4.99 Å². The number of hydrogen-bond donors (Lipinski definition) is 3. The van der Waals surface area contributed by atoms with Crippen molar-refractivity contribution in [2.45, 2.75) is 32.3 Å². The number of nitrogens with zero attached hydrogens (tertiary/aromatic N) is 1. The first-order valence-electron chi connectivity index (χ1n) is 8.32. The zero-order chi connectivity index (χ0) is 17.4. The van der Waals surface area contributed by atoms with Gasteiger partial charge in [0.15, 0.2) is 5.96 Å². The number of nitrogens with one attached hydrogen (secondary N) is 2. The van der Waals surface area contributed by atoms with Crippen molar-refractivity contribution in [1.29, 1.82) is 0 Å². The highest BCUT2D eigenvalue weighted by Gasteiger charge is 2.20. The molecule has 1 unspecified atom stereocenters. The SMILES string of the molecule is CCNC(=NCC(C)(C)c1ccccc1)NCC(O)c1ccco1. The van der Waals surface area contributed by atoms with Crippen molar-refractivity contribution in [1.82, 2.24) is 10.6 Å². The summed E-state index contributed by atoms with van der Waals surface area (Å²) < 4.78 is 5.21. The minimum absolute atomic E-state index is 0.0662. The van der Waals surface area contributed by atoms with Crippen molar-refractivity contribution in [2.24, 2.45) is 4.99 Å². The average molecular weight is 329 g/mol. The molecule has 2 rings (SSSR count). The monoisotopic (exact) mass is 329 g/mol. The van der Waals surface area contributed by atoms with E-state index in [4.69, 9.17) is 4.42 Å². The van der Waals surface area contributed by atoms with Crippen LogP contribution in [0.4, 0.5) is 0 Å². The molecule has 0 fully saturated rings. The van der Waals surface area contributed by atoms with E-state index in [9.17, 15) is 5.11 Å². The van der Waals surface area contributed by atoms with E-state index >= 15 is 0 Å². The second kappa shape index (κ2) is 8.55. The Balaban J connectivity index is 1.97. The predicted molar refractivity (Wildman–Crippen MR) is 97.1 cm³/mol. The lowest BCUT2D eigenvalue weighted by Crippen LogP contribution is -2.40. The number of aliphatic hydroxyl groups is 1. The van der Waals surface area contributed by atoms with Crippen molar-refractivity contribution in [3.63, 3.8) is 0 Å². The largest absolute Gasteiger partial charge is 0.467 e. The van der Waals surface area contributed by atoms with E-state index in [-0.39, 0.29) is 5.41 Å². The van der Waals surface area contributed by atoms with Crippen molar-refractivity contribution in [2.75, 3.05) is 19.6 Å². The third-order valence-corrected chi connectivity index (χ3v) is 3.87. The fourth-order valence-electron chi connectivity index (χ4n) is 2.37. The van der Waals surface area contributed by atoms with E-state index in [1.165, 1.54) is 5.56 Å². The average Bonchev–Trinajstić information content (AvgIpc) is 3.12.